The second kappa shape index (κ2) is 10.3. The maximum atomic E-state index is 12.6. The summed E-state index contributed by atoms with van der Waals surface area (Å²) in [6.45, 7) is 9.00. The number of thiophene rings is 1. The van der Waals surface area contributed by atoms with E-state index in [0.29, 0.717) is 35.0 Å². The van der Waals surface area contributed by atoms with Crippen LogP contribution in [0.3, 0.4) is 0 Å². The largest absolute Gasteiger partial charge is 0.463 e. The van der Waals surface area contributed by atoms with Gasteiger partial charge in [-0.15, -0.1) is 11.3 Å². The van der Waals surface area contributed by atoms with E-state index in [1.807, 2.05) is 31.4 Å². The third-order valence-electron chi connectivity index (χ3n) is 4.43. The second-order valence-corrected chi connectivity index (χ2v) is 8.01. The SMILES string of the molecule is CCOC(=O)C1=C(C)NC(SCC(=O)N(CC)CC)=C(C#N)[C@H]1c1cccs1. The smallest absolute Gasteiger partial charge is 0.336 e. The van der Waals surface area contributed by atoms with Gasteiger partial charge in [0.05, 0.1) is 40.5 Å². The van der Waals surface area contributed by atoms with Gasteiger partial charge in [-0.05, 0) is 39.1 Å². The molecule has 1 amide bonds. The van der Waals surface area contributed by atoms with Gasteiger partial charge in [0, 0.05) is 23.7 Å². The third-order valence-corrected chi connectivity index (χ3v) is 6.37. The van der Waals surface area contributed by atoms with E-state index in [-0.39, 0.29) is 18.3 Å². The van der Waals surface area contributed by atoms with Crippen molar-refractivity contribution in [2.45, 2.75) is 33.6 Å². The third kappa shape index (κ3) is 4.78. The number of nitrogens with one attached hydrogen (secondary N) is 1. The van der Waals surface area contributed by atoms with E-state index in [9.17, 15) is 14.9 Å². The van der Waals surface area contributed by atoms with Crippen molar-refractivity contribution in [2.75, 3.05) is 25.4 Å². The number of ether oxygens (including phenoxy) is 1. The number of rotatable bonds is 8. The van der Waals surface area contributed by atoms with Crippen LogP contribution in [0, 0.1) is 11.3 Å². The predicted octanol–water partition coefficient (Wildman–Crippen LogP) is 3.61. The molecule has 150 valence electrons. The lowest BCUT2D eigenvalue weighted by atomic mass is 9.87. The molecule has 2 heterocycles. The summed E-state index contributed by atoms with van der Waals surface area (Å²) in [5.41, 5.74) is 1.53. The van der Waals surface area contributed by atoms with Crippen molar-refractivity contribution >= 4 is 35.0 Å². The number of carbonyl (C=O) groups is 2. The van der Waals surface area contributed by atoms with Crippen molar-refractivity contribution in [3.05, 3.63) is 44.3 Å². The lowest BCUT2D eigenvalue weighted by Crippen LogP contribution is -2.33. The zero-order valence-electron chi connectivity index (χ0n) is 16.6. The number of thioether (sulfide) groups is 1. The van der Waals surface area contributed by atoms with Crippen LogP contribution in [0.15, 0.2) is 39.4 Å². The number of hydrogen-bond donors (Lipinski definition) is 1. The molecule has 1 aliphatic rings. The highest BCUT2D eigenvalue weighted by Crippen LogP contribution is 2.42. The van der Waals surface area contributed by atoms with Crippen LogP contribution < -0.4 is 5.32 Å². The Morgan fingerprint density at radius 2 is 2.07 bits per heavy atom. The molecule has 0 spiro atoms. The number of nitriles is 1. The van der Waals surface area contributed by atoms with Crippen LogP contribution in [0.2, 0.25) is 0 Å². The van der Waals surface area contributed by atoms with Crippen LogP contribution >= 0.6 is 23.1 Å². The van der Waals surface area contributed by atoms with E-state index in [4.69, 9.17) is 4.74 Å². The van der Waals surface area contributed by atoms with Crippen LogP contribution in [-0.2, 0) is 14.3 Å². The number of hydrogen-bond acceptors (Lipinski definition) is 7. The van der Waals surface area contributed by atoms with Crippen molar-refractivity contribution in [1.82, 2.24) is 10.2 Å². The van der Waals surface area contributed by atoms with Gasteiger partial charge in [-0.2, -0.15) is 5.26 Å². The lowest BCUT2D eigenvalue weighted by Gasteiger charge is -2.28. The Hall–Kier alpha value is -2.24. The van der Waals surface area contributed by atoms with Gasteiger partial charge in [0.25, 0.3) is 0 Å². The van der Waals surface area contributed by atoms with Crippen molar-refractivity contribution in [3.63, 3.8) is 0 Å². The lowest BCUT2D eigenvalue weighted by molar-refractivity contribution is -0.138. The zero-order valence-corrected chi connectivity index (χ0v) is 18.2. The summed E-state index contributed by atoms with van der Waals surface area (Å²) in [5, 5.41) is 15.6. The van der Waals surface area contributed by atoms with Crippen molar-refractivity contribution < 1.29 is 14.3 Å². The zero-order chi connectivity index (χ0) is 20.7. The fourth-order valence-corrected chi connectivity index (χ4v) is 4.89. The molecule has 0 bridgehead atoms. The predicted molar refractivity (Wildman–Crippen MR) is 113 cm³/mol. The quantitative estimate of drug-likeness (QED) is 0.648. The minimum absolute atomic E-state index is 0.0204. The summed E-state index contributed by atoms with van der Waals surface area (Å²) in [6.07, 6.45) is 0. The van der Waals surface area contributed by atoms with Crippen LogP contribution in [0.1, 0.15) is 38.5 Å². The molecule has 0 unspecified atom stereocenters. The number of esters is 1. The molecular formula is C20H25N3O3S2. The minimum Gasteiger partial charge on any atom is -0.463 e. The number of allylic oxidation sites excluding steroid dienone is 2. The number of nitrogens with zero attached hydrogens (tertiary/aromatic N) is 2. The van der Waals surface area contributed by atoms with Gasteiger partial charge >= 0.3 is 5.97 Å². The first-order chi connectivity index (χ1) is 13.5. The highest BCUT2D eigenvalue weighted by Gasteiger charge is 2.36. The number of dihydropyridines is 1. The van der Waals surface area contributed by atoms with Crippen molar-refractivity contribution in [3.8, 4) is 6.07 Å². The van der Waals surface area contributed by atoms with Crippen LogP contribution in [-0.4, -0.2) is 42.2 Å². The van der Waals surface area contributed by atoms with Gasteiger partial charge in [0.1, 0.15) is 0 Å². The molecule has 0 aliphatic carbocycles. The van der Waals surface area contributed by atoms with Gasteiger partial charge in [0.15, 0.2) is 0 Å². The van der Waals surface area contributed by atoms with E-state index < -0.39 is 11.9 Å². The Morgan fingerprint density at radius 3 is 2.61 bits per heavy atom. The van der Waals surface area contributed by atoms with Crippen molar-refractivity contribution in [2.24, 2.45) is 0 Å². The van der Waals surface area contributed by atoms with Crippen molar-refractivity contribution in [1.29, 1.82) is 5.26 Å². The van der Waals surface area contributed by atoms with Crippen LogP contribution in [0.25, 0.3) is 0 Å². The summed E-state index contributed by atoms with van der Waals surface area (Å²) in [5.74, 6) is -0.667. The van der Waals surface area contributed by atoms with Gasteiger partial charge in [-0.1, -0.05) is 17.8 Å². The minimum atomic E-state index is -0.489. The highest BCUT2D eigenvalue weighted by molar-refractivity contribution is 8.03. The average molecular weight is 420 g/mol. The first-order valence-electron chi connectivity index (χ1n) is 9.21. The first kappa shape index (κ1) is 22.1. The molecule has 6 nitrogen and oxygen atoms in total. The fourth-order valence-electron chi connectivity index (χ4n) is 3.05. The molecule has 1 N–H and O–H groups in total. The Bertz CT molecular complexity index is 818. The molecule has 0 fully saturated rings. The van der Waals surface area contributed by atoms with Crippen LogP contribution in [0.4, 0.5) is 0 Å². The Balaban J connectivity index is 2.39. The summed E-state index contributed by atoms with van der Waals surface area (Å²) in [6, 6.07) is 6.06. The summed E-state index contributed by atoms with van der Waals surface area (Å²) >= 11 is 2.79. The van der Waals surface area contributed by atoms with Gasteiger partial charge in [-0.25, -0.2) is 4.79 Å². The highest BCUT2D eigenvalue weighted by atomic mass is 32.2. The summed E-state index contributed by atoms with van der Waals surface area (Å²) < 4.78 is 5.24. The number of carbonyl (C=O) groups excluding carboxylic acids is 2. The molecule has 1 aliphatic heterocycles. The molecule has 1 aromatic rings. The molecule has 2 rings (SSSR count). The van der Waals surface area contributed by atoms with Crippen LogP contribution in [0.5, 0.6) is 0 Å². The Kier molecular flexibility index (Phi) is 8.15. The molecule has 8 heteroatoms. The molecule has 0 saturated carbocycles. The first-order valence-corrected chi connectivity index (χ1v) is 11.1. The molecular weight excluding hydrogens is 394 g/mol. The fraction of sp³-hybridized carbons (Fsp3) is 0.450. The normalized spacial score (nSPS) is 16.5. The average Bonchev–Trinajstić information content (AvgIpc) is 3.21. The van der Waals surface area contributed by atoms with Gasteiger partial charge in [-0.3, -0.25) is 4.79 Å². The Labute approximate surface area is 174 Å². The van der Waals surface area contributed by atoms with E-state index in [2.05, 4.69) is 11.4 Å². The van der Waals surface area contributed by atoms with E-state index in [1.54, 1.807) is 18.7 Å². The maximum absolute atomic E-state index is 12.6. The Morgan fingerprint density at radius 1 is 1.36 bits per heavy atom. The molecule has 0 saturated heterocycles. The molecule has 1 atom stereocenters. The van der Waals surface area contributed by atoms with E-state index >= 15 is 0 Å². The monoisotopic (exact) mass is 419 g/mol. The summed E-state index contributed by atoms with van der Waals surface area (Å²) in [7, 11) is 0. The standard InChI is InChI=1S/C20H25N3O3S2/c1-5-23(6-2)16(24)12-28-19-14(11-21)18(15-9-8-10-27-15)17(13(4)22-19)20(25)26-7-3/h8-10,18,22H,5-7,12H2,1-4H3/t18-/m0/s1. The number of amides is 1. The topological polar surface area (TPSA) is 82.4 Å². The molecule has 0 radical (unpaired) electrons. The second-order valence-electron chi connectivity index (χ2n) is 6.04. The summed E-state index contributed by atoms with van der Waals surface area (Å²) in [4.78, 5) is 27.6. The van der Waals surface area contributed by atoms with E-state index in [0.717, 1.165) is 4.88 Å². The molecule has 28 heavy (non-hydrogen) atoms. The maximum Gasteiger partial charge on any atom is 0.336 e. The molecule has 0 aromatic carbocycles. The molecule has 1 aromatic heterocycles. The van der Waals surface area contributed by atoms with E-state index in [1.165, 1.54) is 23.1 Å². The van der Waals surface area contributed by atoms with Gasteiger partial charge < -0.3 is 15.0 Å². The van der Waals surface area contributed by atoms with Gasteiger partial charge in [0.2, 0.25) is 5.91 Å².